The number of fused-ring (bicyclic) bond motifs is 1. The standard InChI is InChI=1S/C18H14O4/c19-16-10-15(17(20)14-9-5-4-8-13(14)16)18(21)22-11-12-6-2-1-3-7-12/h1-10,19-20H,11H2. The van der Waals surface area contributed by atoms with E-state index in [2.05, 4.69) is 0 Å². The molecule has 0 aliphatic rings. The Balaban J connectivity index is 1.89. The summed E-state index contributed by atoms with van der Waals surface area (Å²) in [5, 5.41) is 21.1. The van der Waals surface area contributed by atoms with Gasteiger partial charge in [0.25, 0.3) is 0 Å². The summed E-state index contributed by atoms with van der Waals surface area (Å²) in [6, 6.07) is 17.3. The van der Waals surface area contributed by atoms with Gasteiger partial charge in [-0.2, -0.15) is 0 Å². The third kappa shape index (κ3) is 2.59. The van der Waals surface area contributed by atoms with Crippen LogP contribution in [0.5, 0.6) is 11.5 Å². The van der Waals surface area contributed by atoms with Crippen LogP contribution in [0.15, 0.2) is 60.7 Å². The largest absolute Gasteiger partial charge is 0.507 e. The summed E-state index contributed by atoms with van der Waals surface area (Å²) >= 11 is 0. The summed E-state index contributed by atoms with van der Waals surface area (Å²) in [7, 11) is 0. The number of phenols is 2. The van der Waals surface area contributed by atoms with Gasteiger partial charge in [-0.05, 0) is 11.6 Å². The molecule has 3 aromatic carbocycles. The second-order valence-electron chi connectivity index (χ2n) is 4.90. The lowest BCUT2D eigenvalue weighted by Gasteiger charge is -2.10. The van der Waals surface area contributed by atoms with Gasteiger partial charge in [0, 0.05) is 10.8 Å². The van der Waals surface area contributed by atoms with Crippen molar-refractivity contribution in [1.82, 2.24) is 0 Å². The van der Waals surface area contributed by atoms with Crippen LogP contribution < -0.4 is 0 Å². The summed E-state index contributed by atoms with van der Waals surface area (Å²) < 4.78 is 5.19. The van der Waals surface area contributed by atoms with Crippen molar-refractivity contribution in [3.8, 4) is 11.5 Å². The Bertz CT molecular complexity index is 825. The predicted molar refractivity (Wildman–Crippen MR) is 82.8 cm³/mol. The molecule has 4 heteroatoms. The summed E-state index contributed by atoms with van der Waals surface area (Å²) in [5.74, 6) is -0.936. The van der Waals surface area contributed by atoms with Gasteiger partial charge >= 0.3 is 5.97 Å². The molecule has 110 valence electrons. The molecule has 0 unspecified atom stereocenters. The van der Waals surface area contributed by atoms with Crippen LogP contribution in [-0.2, 0) is 11.3 Å². The van der Waals surface area contributed by atoms with E-state index >= 15 is 0 Å². The Hall–Kier alpha value is -3.01. The van der Waals surface area contributed by atoms with Gasteiger partial charge in [0.15, 0.2) is 0 Å². The Morgan fingerprint density at radius 3 is 2.27 bits per heavy atom. The first-order chi connectivity index (χ1) is 10.7. The molecule has 0 aromatic heterocycles. The van der Waals surface area contributed by atoms with E-state index in [4.69, 9.17) is 4.74 Å². The monoisotopic (exact) mass is 294 g/mol. The second kappa shape index (κ2) is 5.77. The molecule has 0 fully saturated rings. The number of benzene rings is 3. The van der Waals surface area contributed by atoms with E-state index in [1.807, 2.05) is 30.3 Å². The van der Waals surface area contributed by atoms with Gasteiger partial charge in [-0.3, -0.25) is 0 Å². The molecule has 0 heterocycles. The molecule has 0 radical (unpaired) electrons. The molecular weight excluding hydrogens is 280 g/mol. The minimum Gasteiger partial charge on any atom is -0.507 e. The fraction of sp³-hybridized carbons (Fsp3) is 0.0556. The number of carbonyl (C=O) groups is 1. The van der Waals surface area contributed by atoms with Gasteiger partial charge in [0.05, 0.1) is 0 Å². The number of rotatable bonds is 3. The normalized spacial score (nSPS) is 10.5. The van der Waals surface area contributed by atoms with E-state index < -0.39 is 5.97 Å². The number of ether oxygens (including phenoxy) is 1. The molecule has 22 heavy (non-hydrogen) atoms. The zero-order valence-electron chi connectivity index (χ0n) is 11.7. The highest BCUT2D eigenvalue weighted by atomic mass is 16.5. The van der Waals surface area contributed by atoms with Crippen molar-refractivity contribution in [1.29, 1.82) is 0 Å². The lowest BCUT2D eigenvalue weighted by molar-refractivity contribution is 0.0469. The van der Waals surface area contributed by atoms with Crippen molar-refractivity contribution in [2.45, 2.75) is 6.61 Å². The second-order valence-corrected chi connectivity index (χ2v) is 4.90. The van der Waals surface area contributed by atoms with Crippen LogP contribution in [0.2, 0.25) is 0 Å². The van der Waals surface area contributed by atoms with Gasteiger partial charge in [-0.25, -0.2) is 4.79 Å². The highest BCUT2D eigenvalue weighted by molar-refractivity contribution is 6.03. The first-order valence-electron chi connectivity index (χ1n) is 6.81. The molecule has 3 aromatic rings. The topological polar surface area (TPSA) is 66.8 Å². The highest BCUT2D eigenvalue weighted by Crippen LogP contribution is 2.35. The molecule has 0 bridgehead atoms. The number of aromatic hydroxyl groups is 2. The Kier molecular flexibility index (Phi) is 3.66. The van der Waals surface area contributed by atoms with Crippen LogP contribution in [0.25, 0.3) is 10.8 Å². The average molecular weight is 294 g/mol. The van der Waals surface area contributed by atoms with E-state index in [1.54, 1.807) is 24.3 Å². The van der Waals surface area contributed by atoms with Crippen molar-refractivity contribution in [2.24, 2.45) is 0 Å². The molecule has 0 atom stereocenters. The van der Waals surface area contributed by atoms with Crippen LogP contribution in [-0.4, -0.2) is 16.2 Å². The molecule has 3 rings (SSSR count). The maximum absolute atomic E-state index is 12.1. The van der Waals surface area contributed by atoms with Gasteiger partial charge < -0.3 is 14.9 Å². The molecule has 0 amide bonds. The Morgan fingerprint density at radius 2 is 1.55 bits per heavy atom. The van der Waals surface area contributed by atoms with E-state index in [0.717, 1.165) is 5.56 Å². The highest BCUT2D eigenvalue weighted by Gasteiger charge is 2.18. The van der Waals surface area contributed by atoms with Crippen molar-refractivity contribution in [2.75, 3.05) is 0 Å². The van der Waals surface area contributed by atoms with Gasteiger partial charge in [0.2, 0.25) is 0 Å². The molecular formula is C18H14O4. The molecule has 0 saturated carbocycles. The first-order valence-corrected chi connectivity index (χ1v) is 6.81. The lowest BCUT2D eigenvalue weighted by Crippen LogP contribution is -2.05. The van der Waals surface area contributed by atoms with Gasteiger partial charge in [-0.1, -0.05) is 54.6 Å². The van der Waals surface area contributed by atoms with E-state index in [-0.39, 0.29) is 23.7 Å². The molecule has 2 N–H and O–H groups in total. The van der Waals surface area contributed by atoms with E-state index in [0.29, 0.717) is 10.8 Å². The smallest absolute Gasteiger partial charge is 0.342 e. The van der Waals surface area contributed by atoms with Crippen LogP contribution in [0.4, 0.5) is 0 Å². The predicted octanol–water partition coefficient (Wildman–Crippen LogP) is 3.61. The number of hydrogen-bond acceptors (Lipinski definition) is 4. The minimum absolute atomic E-state index is 0.0490. The van der Waals surface area contributed by atoms with Crippen molar-refractivity contribution < 1.29 is 19.7 Å². The van der Waals surface area contributed by atoms with Crippen LogP contribution in [0.1, 0.15) is 15.9 Å². The quantitative estimate of drug-likeness (QED) is 0.572. The Morgan fingerprint density at radius 1 is 0.909 bits per heavy atom. The Labute approximate surface area is 127 Å². The molecule has 0 aliphatic carbocycles. The third-order valence-corrected chi connectivity index (χ3v) is 3.43. The third-order valence-electron chi connectivity index (χ3n) is 3.43. The number of esters is 1. The van der Waals surface area contributed by atoms with Crippen molar-refractivity contribution >= 4 is 16.7 Å². The molecule has 0 saturated heterocycles. The summed E-state index contributed by atoms with van der Waals surface area (Å²) in [5.41, 5.74) is 0.799. The summed E-state index contributed by atoms with van der Waals surface area (Å²) in [4.78, 5) is 12.1. The van der Waals surface area contributed by atoms with Crippen LogP contribution in [0, 0.1) is 0 Å². The average Bonchev–Trinajstić information content (AvgIpc) is 2.57. The summed E-state index contributed by atoms with van der Waals surface area (Å²) in [6.45, 7) is 0.104. The maximum Gasteiger partial charge on any atom is 0.342 e. The number of hydrogen-bond donors (Lipinski definition) is 2. The minimum atomic E-state index is -0.678. The fourth-order valence-corrected chi connectivity index (χ4v) is 2.30. The SMILES string of the molecule is O=C(OCc1ccccc1)c1cc(O)c2ccccc2c1O. The van der Waals surface area contributed by atoms with Crippen molar-refractivity contribution in [3.05, 3.63) is 71.8 Å². The molecule has 4 nitrogen and oxygen atoms in total. The maximum atomic E-state index is 12.1. The van der Waals surface area contributed by atoms with Gasteiger partial charge in [0.1, 0.15) is 23.7 Å². The van der Waals surface area contributed by atoms with Gasteiger partial charge in [-0.15, -0.1) is 0 Å². The van der Waals surface area contributed by atoms with Crippen molar-refractivity contribution in [3.63, 3.8) is 0 Å². The molecule has 0 aliphatic heterocycles. The van der Waals surface area contributed by atoms with E-state index in [1.165, 1.54) is 6.07 Å². The molecule has 0 spiro atoms. The first kappa shape index (κ1) is 13.9. The summed E-state index contributed by atoms with van der Waals surface area (Å²) in [6.07, 6.45) is 0. The van der Waals surface area contributed by atoms with E-state index in [9.17, 15) is 15.0 Å². The zero-order chi connectivity index (χ0) is 15.5. The lowest BCUT2D eigenvalue weighted by atomic mass is 10.0. The zero-order valence-corrected chi connectivity index (χ0v) is 11.7. The fourth-order valence-electron chi connectivity index (χ4n) is 2.30. The van der Waals surface area contributed by atoms with Crippen LogP contribution >= 0.6 is 0 Å². The number of phenolic OH excluding ortho intramolecular Hbond substituents is 2. The van der Waals surface area contributed by atoms with Crippen LogP contribution in [0.3, 0.4) is 0 Å². The number of carbonyl (C=O) groups excluding carboxylic acids is 1.